The monoisotopic (exact) mass is 320 g/mol. The summed E-state index contributed by atoms with van der Waals surface area (Å²) in [6.07, 6.45) is 0. The lowest BCUT2D eigenvalue weighted by molar-refractivity contribution is 0.0628. The molecule has 0 aliphatic carbocycles. The molecule has 1 aromatic heterocycles. The van der Waals surface area contributed by atoms with Crippen LogP contribution in [0.5, 0.6) is 0 Å². The van der Waals surface area contributed by atoms with E-state index in [0.29, 0.717) is 16.2 Å². The largest absolute Gasteiger partial charge is 0.335 e. The lowest BCUT2D eigenvalue weighted by Crippen LogP contribution is -2.49. The number of benzene rings is 1. The van der Waals surface area contributed by atoms with Crippen LogP contribution in [0.3, 0.4) is 0 Å². The number of amides is 1. The Balaban J connectivity index is 1.70. The van der Waals surface area contributed by atoms with Crippen molar-refractivity contribution in [3.8, 4) is 0 Å². The number of thiophene rings is 1. The maximum atomic E-state index is 13.8. The molecule has 1 aliphatic rings. The lowest BCUT2D eigenvalue weighted by atomic mass is 10.2. The molecule has 0 spiro atoms. The van der Waals surface area contributed by atoms with Gasteiger partial charge in [-0.15, -0.1) is 11.3 Å². The minimum Gasteiger partial charge on any atom is -0.335 e. The van der Waals surface area contributed by atoms with Gasteiger partial charge in [-0.25, -0.2) is 4.39 Å². The van der Waals surface area contributed by atoms with Crippen LogP contribution >= 0.6 is 11.3 Å². The minimum absolute atomic E-state index is 0.0322. The van der Waals surface area contributed by atoms with Gasteiger partial charge in [0.25, 0.3) is 5.91 Å². The molecule has 0 N–H and O–H groups in total. The number of carbonyl (C=O) groups is 1. The van der Waals surface area contributed by atoms with Gasteiger partial charge in [0.15, 0.2) is 0 Å². The minimum atomic E-state index is -0.255. The van der Waals surface area contributed by atoms with E-state index in [4.69, 9.17) is 0 Å². The van der Waals surface area contributed by atoms with Crippen molar-refractivity contribution in [1.29, 1.82) is 0 Å². The molecule has 2 heterocycles. The van der Waals surface area contributed by atoms with Crippen molar-refractivity contribution in [2.24, 2.45) is 5.92 Å². The van der Waals surface area contributed by atoms with Gasteiger partial charge in [0.05, 0.1) is 4.88 Å². The Labute approximate surface area is 134 Å². The molecule has 5 heteroatoms. The molecular weight excluding hydrogens is 299 g/mol. The quantitative estimate of drug-likeness (QED) is 0.865. The summed E-state index contributed by atoms with van der Waals surface area (Å²) in [5, 5.41) is 0.550. The molecule has 3 nitrogen and oxygen atoms in total. The zero-order chi connectivity index (χ0) is 15.7. The predicted octanol–water partition coefficient (Wildman–Crippen LogP) is 3.45. The molecule has 1 saturated heterocycles. The summed E-state index contributed by atoms with van der Waals surface area (Å²) < 4.78 is 14.6. The second-order valence-corrected chi connectivity index (χ2v) is 7.33. The van der Waals surface area contributed by atoms with Gasteiger partial charge < -0.3 is 4.90 Å². The Morgan fingerprint density at radius 2 is 2.00 bits per heavy atom. The molecule has 3 rings (SSSR count). The van der Waals surface area contributed by atoms with E-state index in [1.165, 1.54) is 17.4 Å². The molecule has 0 bridgehead atoms. The predicted molar refractivity (Wildman–Crippen MR) is 89.0 cm³/mol. The fourth-order valence-corrected chi connectivity index (χ4v) is 3.98. The van der Waals surface area contributed by atoms with Crippen molar-refractivity contribution in [3.05, 3.63) is 35.0 Å². The summed E-state index contributed by atoms with van der Waals surface area (Å²) in [6, 6.07) is 6.68. The summed E-state index contributed by atoms with van der Waals surface area (Å²) in [5.74, 6) is 0.423. The first kappa shape index (κ1) is 15.4. The Hall–Kier alpha value is -1.46. The summed E-state index contributed by atoms with van der Waals surface area (Å²) in [7, 11) is 0. The van der Waals surface area contributed by atoms with Gasteiger partial charge in [0.2, 0.25) is 0 Å². The molecule has 1 amide bonds. The Kier molecular flexibility index (Phi) is 4.45. The van der Waals surface area contributed by atoms with Gasteiger partial charge in [-0.3, -0.25) is 9.69 Å². The second kappa shape index (κ2) is 6.34. The number of hydrogen-bond acceptors (Lipinski definition) is 3. The van der Waals surface area contributed by atoms with Crippen LogP contribution < -0.4 is 0 Å². The molecule has 0 saturated carbocycles. The average molecular weight is 320 g/mol. The van der Waals surface area contributed by atoms with Crippen LogP contribution in [-0.2, 0) is 0 Å². The highest BCUT2D eigenvalue weighted by atomic mass is 32.1. The molecule has 1 fully saturated rings. The number of rotatable bonds is 3. The van der Waals surface area contributed by atoms with E-state index in [2.05, 4.69) is 18.7 Å². The van der Waals surface area contributed by atoms with Crippen LogP contribution in [0.1, 0.15) is 23.5 Å². The first-order chi connectivity index (χ1) is 10.5. The summed E-state index contributed by atoms with van der Waals surface area (Å²) in [5.41, 5.74) is 0. The topological polar surface area (TPSA) is 23.6 Å². The summed E-state index contributed by atoms with van der Waals surface area (Å²) in [6.45, 7) is 8.85. The lowest BCUT2D eigenvalue weighted by Gasteiger charge is -2.35. The van der Waals surface area contributed by atoms with Crippen molar-refractivity contribution in [1.82, 2.24) is 9.80 Å². The van der Waals surface area contributed by atoms with E-state index in [0.717, 1.165) is 37.4 Å². The fraction of sp³-hybridized carbons (Fsp3) is 0.471. The van der Waals surface area contributed by atoms with Crippen LogP contribution in [0.15, 0.2) is 24.3 Å². The molecule has 1 aromatic carbocycles. The Morgan fingerprint density at radius 3 is 2.64 bits per heavy atom. The molecule has 0 atom stereocenters. The van der Waals surface area contributed by atoms with Gasteiger partial charge in [0.1, 0.15) is 5.82 Å². The highest BCUT2D eigenvalue weighted by Crippen LogP contribution is 2.28. The zero-order valence-electron chi connectivity index (χ0n) is 13.0. The smallest absolute Gasteiger partial charge is 0.264 e. The first-order valence-corrected chi connectivity index (χ1v) is 8.56. The number of piperazine rings is 1. The normalized spacial score (nSPS) is 16.6. The van der Waals surface area contributed by atoms with Crippen LogP contribution in [0.2, 0.25) is 0 Å². The second-order valence-electron chi connectivity index (χ2n) is 6.25. The molecule has 22 heavy (non-hydrogen) atoms. The van der Waals surface area contributed by atoms with Crippen molar-refractivity contribution in [2.75, 3.05) is 32.7 Å². The van der Waals surface area contributed by atoms with Crippen molar-refractivity contribution < 1.29 is 9.18 Å². The maximum absolute atomic E-state index is 13.8. The number of halogens is 1. The van der Waals surface area contributed by atoms with E-state index in [-0.39, 0.29) is 11.7 Å². The third-order valence-corrected chi connectivity index (χ3v) is 5.09. The zero-order valence-corrected chi connectivity index (χ0v) is 13.8. The van der Waals surface area contributed by atoms with Gasteiger partial charge in [-0.1, -0.05) is 19.9 Å². The third kappa shape index (κ3) is 3.15. The van der Waals surface area contributed by atoms with Gasteiger partial charge in [-0.05, 0) is 24.1 Å². The summed E-state index contributed by atoms with van der Waals surface area (Å²) in [4.78, 5) is 17.5. The van der Waals surface area contributed by atoms with E-state index in [9.17, 15) is 9.18 Å². The Morgan fingerprint density at radius 1 is 1.27 bits per heavy atom. The fourth-order valence-electron chi connectivity index (χ4n) is 2.94. The van der Waals surface area contributed by atoms with E-state index >= 15 is 0 Å². The van der Waals surface area contributed by atoms with Crippen molar-refractivity contribution in [2.45, 2.75) is 13.8 Å². The van der Waals surface area contributed by atoms with E-state index < -0.39 is 0 Å². The van der Waals surface area contributed by atoms with Crippen molar-refractivity contribution >= 4 is 27.3 Å². The van der Waals surface area contributed by atoms with E-state index in [1.807, 2.05) is 11.0 Å². The first-order valence-electron chi connectivity index (χ1n) is 7.74. The van der Waals surface area contributed by atoms with Gasteiger partial charge in [-0.2, -0.15) is 0 Å². The van der Waals surface area contributed by atoms with Crippen molar-refractivity contribution in [3.63, 3.8) is 0 Å². The molecule has 0 radical (unpaired) electrons. The number of fused-ring (bicyclic) bond motifs is 1. The average Bonchev–Trinajstić information content (AvgIpc) is 2.92. The SMILES string of the molecule is CC(C)CN1CCN(C(=O)c2cc3c(F)cccc3s2)CC1. The Bertz CT molecular complexity index is 674. The van der Waals surface area contributed by atoms with Gasteiger partial charge >= 0.3 is 0 Å². The van der Waals surface area contributed by atoms with Crippen LogP contribution in [0, 0.1) is 11.7 Å². The molecule has 118 valence electrons. The van der Waals surface area contributed by atoms with Crippen LogP contribution in [0.4, 0.5) is 4.39 Å². The summed E-state index contributed by atoms with van der Waals surface area (Å²) >= 11 is 1.38. The van der Waals surface area contributed by atoms with Crippen LogP contribution in [0.25, 0.3) is 10.1 Å². The highest BCUT2D eigenvalue weighted by Gasteiger charge is 2.24. The van der Waals surface area contributed by atoms with E-state index in [1.54, 1.807) is 12.1 Å². The van der Waals surface area contributed by atoms with Gasteiger partial charge in [0, 0.05) is 42.8 Å². The number of nitrogens with zero attached hydrogens (tertiary/aromatic N) is 2. The maximum Gasteiger partial charge on any atom is 0.264 e. The van der Waals surface area contributed by atoms with Crippen LogP contribution in [-0.4, -0.2) is 48.4 Å². The number of hydrogen-bond donors (Lipinski definition) is 0. The third-order valence-electron chi connectivity index (χ3n) is 4.00. The number of carbonyl (C=O) groups excluding carboxylic acids is 1. The standard InChI is InChI=1S/C17H21FN2OS/c1-12(2)11-19-6-8-20(9-7-19)17(21)16-10-13-14(18)4-3-5-15(13)22-16/h3-5,10,12H,6-9,11H2,1-2H3. The molecule has 1 aliphatic heterocycles. The molecular formula is C17H21FN2OS. The highest BCUT2D eigenvalue weighted by molar-refractivity contribution is 7.20. The molecule has 2 aromatic rings. The molecule has 0 unspecified atom stereocenters.